The molecule has 0 atom stereocenters. The topological polar surface area (TPSA) is 129 Å². The van der Waals surface area contributed by atoms with Crippen LogP contribution in [-0.4, -0.2) is 40.2 Å². The van der Waals surface area contributed by atoms with Gasteiger partial charge in [0.25, 0.3) is 0 Å². The van der Waals surface area contributed by atoms with E-state index in [0.29, 0.717) is 33.9 Å². The summed E-state index contributed by atoms with van der Waals surface area (Å²) in [6.45, 7) is 0. The molecule has 0 radical (unpaired) electrons. The number of aromatic nitrogens is 7. The van der Waals surface area contributed by atoms with Gasteiger partial charge in [-0.25, -0.2) is 15.0 Å². The lowest BCUT2D eigenvalue weighted by Crippen LogP contribution is -1.87. The molecule has 6 aromatic heterocycles. The molecule has 0 aliphatic carbocycles. The van der Waals surface area contributed by atoms with Gasteiger partial charge in [-0.3, -0.25) is 10.1 Å². The summed E-state index contributed by atoms with van der Waals surface area (Å²) >= 11 is 0. The summed E-state index contributed by atoms with van der Waals surface area (Å²) in [6.07, 6.45) is 8.04. The fourth-order valence-corrected chi connectivity index (χ4v) is 3.47. The molecule has 0 fully saturated rings. The minimum Gasteiger partial charge on any atom is -0.506 e. The number of aromatic hydroxyl groups is 1. The average molecular weight is 395 g/mol. The van der Waals surface area contributed by atoms with E-state index in [2.05, 4.69) is 30.1 Å². The molecule has 9 nitrogen and oxygen atoms in total. The van der Waals surface area contributed by atoms with Gasteiger partial charge in [-0.15, -0.1) is 0 Å². The summed E-state index contributed by atoms with van der Waals surface area (Å²) in [5.74, 6) is 0.635. The lowest BCUT2D eigenvalue weighted by molar-refractivity contribution is 0.473. The van der Waals surface area contributed by atoms with E-state index in [0.717, 1.165) is 22.2 Å². The van der Waals surface area contributed by atoms with Crippen LogP contribution >= 0.6 is 0 Å². The number of rotatable bonds is 3. The standard InChI is InChI=1S/C21H13N7O2/c29-13-7-12(8-22-9-13)15-1-2-16-18(24-15)19(28-27-16)21-25-17-14(11-4-6-30-10-11)3-5-23-20(17)26-21/h1-10,29H,(H,27,28)(H,23,25,26). The van der Waals surface area contributed by atoms with Crippen molar-refractivity contribution in [1.82, 2.24) is 35.1 Å². The number of imidazole rings is 1. The first-order chi connectivity index (χ1) is 14.8. The Morgan fingerprint density at radius 3 is 2.83 bits per heavy atom. The molecular formula is C21H13N7O2. The second-order valence-corrected chi connectivity index (χ2v) is 6.75. The molecule has 0 amide bonds. The van der Waals surface area contributed by atoms with Crippen molar-refractivity contribution in [2.45, 2.75) is 0 Å². The number of aromatic amines is 2. The van der Waals surface area contributed by atoms with Crippen molar-refractivity contribution in [1.29, 1.82) is 0 Å². The first-order valence-corrected chi connectivity index (χ1v) is 9.13. The Morgan fingerprint density at radius 1 is 1.00 bits per heavy atom. The van der Waals surface area contributed by atoms with E-state index in [1.54, 1.807) is 31.0 Å². The predicted molar refractivity (Wildman–Crippen MR) is 109 cm³/mol. The van der Waals surface area contributed by atoms with Crippen LogP contribution in [0.15, 0.2) is 65.9 Å². The summed E-state index contributed by atoms with van der Waals surface area (Å²) in [5.41, 5.74) is 6.61. The molecule has 0 spiro atoms. The molecule has 6 heterocycles. The predicted octanol–water partition coefficient (Wildman–Crippen LogP) is 3.92. The van der Waals surface area contributed by atoms with Crippen molar-refractivity contribution in [2.75, 3.05) is 0 Å². The van der Waals surface area contributed by atoms with Gasteiger partial charge in [0.15, 0.2) is 17.2 Å². The van der Waals surface area contributed by atoms with Gasteiger partial charge in [0, 0.05) is 29.1 Å². The lowest BCUT2D eigenvalue weighted by Gasteiger charge is -2.01. The van der Waals surface area contributed by atoms with E-state index in [9.17, 15) is 5.11 Å². The number of fused-ring (bicyclic) bond motifs is 2. The smallest absolute Gasteiger partial charge is 0.178 e. The molecule has 144 valence electrons. The van der Waals surface area contributed by atoms with Crippen molar-refractivity contribution in [3.8, 4) is 39.7 Å². The zero-order chi connectivity index (χ0) is 20.1. The molecule has 0 aromatic carbocycles. The molecule has 0 saturated carbocycles. The fraction of sp³-hybridized carbons (Fsp3) is 0. The van der Waals surface area contributed by atoms with Crippen LogP contribution in [0.1, 0.15) is 0 Å². The average Bonchev–Trinajstić information content (AvgIpc) is 3.51. The molecule has 9 heteroatoms. The highest BCUT2D eigenvalue weighted by Crippen LogP contribution is 2.31. The maximum absolute atomic E-state index is 9.73. The van der Waals surface area contributed by atoms with E-state index in [1.165, 1.54) is 6.20 Å². The molecule has 3 N–H and O–H groups in total. The zero-order valence-electron chi connectivity index (χ0n) is 15.4. The Balaban J connectivity index is 1.52. The summed E-state index contributed by atoms with van der Waals surface area (Å²) in [4.78, 5) is 21.1. The highest BCUT2D eigenvalue weighted by atomic mass is 16.3. The van der Waals surface area contributed by atoms with Gasteiger partial charge >= 0.3 is 0 Å². The normalized spacial score (nSPS) is 11.5. The third-order valence-corrected chi connectivity index (χ3v) is 4.88. The van der Waals surface area contributed by atoms with Crippen LogP contribution < -0.4 is 0 Å². The second kappa shape index (κ2) is 6.24. The molecule has 0 aliphatic rings. The first kappa shape index (κ1) is 16.4. The molecule has 0 unspecified atom stereocenters. The van der Waals surface area contributed by atoms with Crippen molar-refractivity contribution in [3.05, 3.63) is 61.4 Å². The monoisotopic (exact) mass is 395 g/mol. The van der Waals surface area contributed by atoms with E-state index in [1.807, 2.05) is 24.3 Å². The molecule has 30 heavy (non-hydrogen) atoms. The highest BCUT2D eigenvalue weighted by Gasteiger charge is 2.17. The van der Waals surface area contributed by atoms with Crippen LogP contribution in [0.2, 0.25) is 0 Å². The van der Waals surface area contributed by atoms with Gasteiger partial charge in [-0.2, -0.15) is 5.10 Å². The van der Waals surface area contributed by atoms with Crippen molar-refractivity contribution >= 4 is 22.2 Å². The number of furan rings is 1. The summed E-state index contributed by atoms with van der Waals surface area (Å²) < 4.78 is 5.21. The van der Waals surface area contributed by atoms with E-state index in [4.69, 9.17) is 9.40 Å². The largest absolute Gasteiger partial charge is 0.506 e. The maximum atomic E-state index is 9.73. The minimum atomic E-state index is 0.0805. The van der Waals surface area contributed by atoms with Crippen LogP contribution in [0.25, 0.3) is 56.1 Å². The Morgan fingerprint density at radius 2 is 1.97 bits per heavy atom. The maximum Gasteiger partial charge on any atom is 0.178 e. The van der Waals surface area contributed by atoms with Crippen molar-refractivity contribution in [3.63, 3.8) is 0 Å². The quantitative estimate of drug-likeness (QED) is 0.414. The molecule has 6 aromatic rings. The number of pyridine rings is 3. The molecular weight excluding hydrogens is 382 g/mol. The lowest BCUT2D eigenvalue weighted by atomic mass is 10.1. The Labute approximate surface area is 168 Å². The number of hydrogen-bond donors (Lipinski definition) is 3. The molecule has 0 bridgehead atoms. The van der Waals surface area contributed by atoms with Gasteiger partial charge in [-0.1, -0.05) is 0 Å². The summed E-state index contributed by atoms with van der Waals surface area (Å²) in [6, 6.07) is 9.14. The number of nitrogens with one attached hydrogen (secondary N) is 2. The highest BCUT2D eigenvalue weighted by molar-refractivity contribution is 5.94. The summed E-state index contributed by atoms with van der Waals surface area (Å²) in [7, 11) is 0. The van der Waals surface area contributed by atoms with Gasteiger partial charge in [0.2, 0.25) is 0 Å². The number of H-pyrrole nitrogens is 2. The van der Waals surface area contributed by atoms with Crippen LogP contribution in [0.5, 0.6) is 5.75 Å². The first-order valence-electron chi connectivity index (χ1n) is 9.13. The second-order valence-electron chi connectivity index (χ2n) is 6.75. The Kier molecular flexibility index (Phi) is 3.42. The van der Waals surface area contributed by atoms with Gasteiger partial charge in [-0.05, 0) is 30.3 Å². The molecule has 0 aliphatic heterocycles. The third kappa shape index (κ3) is 2.53. The van der Waals surface area contributed by atoms with Gasteiger partial charge < -0.3 is 14.5 Å². The van der Waals surface area contributed by atoms with Crippen LogP contribution in [0.3, 0.4) is 0 Å². The third-order valence-electron chi connectivity index (χ3n) is 4.88. The van der Waals surface area contributed by atoms with Gasteiger partial charge in [0.05, 0.1) is 35.5 Å². The fourth-order valence-electron chi connectivity index (χ4n) is 3.47. The van der Waals surface area contributed by atoms with Crippen LogP contribution in [0.4, 0.5) is 0 Å². The van der Waals surface area contributed by atoms with E-state index < -0.39 is 0 Å². The van der Waals surface area contributed by atoms with Crippen molar-refractivity contribution in [2.24, 2.45) is 0 Å². The van der Waals surface area contributed by atoms with E-state index >= 15 is 0 Å². The van der Waals surface area contributed by atoms with Crippen molar-refractivity contribution < 1.29 is 9.52 Å². The van der Waals surface area contributed by atoms with Crippen LogP contribution in [-0.2, 0) is 0 Å². The zero-order valence-corrected chi connectivity index (χ0v) is 15.4. The van der Waals surface area contributed by atoms with Gasteiger partial charge in [0.1, 0.15) is 11.3 Å². The Hall–Kier alpha value is -4.53. The van der Waals surface area contributed by atoms with Crippen LogP contribution in [0, 0.1) is 0 Å². The number of hydrogen-bond acceptors (Lipinski definition) is 7. The summed E-state index contributed by atoms with van der Waals surface area (Å²) in [5, 5.41) is 17.1. The SMILES string of the molecule is Oc1cncc(-c2ccc3[nH]nc(-c4nc5nccc(-c6ccoc6)c5[nH]4)c3n2)c1. The minimum absolute atomic E-state index is 0.0805. The number of nitrogens with zero attached hydrogens (tertiary/aromatic N) is 5. The molecule has 0 saturated heterocycles. The Bertz CT molecular complexity index is 1520. The van der Waals surface area contributed by atoms with E-state index in [-0.39, 0.29) is 5.75 Å². The molecule has 6 rings (SSSR count).